The van der Waals surface area contributed by atoms with Crippen LogP contribution >= 0.6 is 23.1 Å². The van der Waals surface area contributed by atoms with Crippen molar-refractivity contribution in [2.75, 3.05) is 12.4 Å². The van der Waals surface area contributed by atoms with Gasteiger partial charge in [-0.2, -0.15) is 11.3 Å². The average Bonchev–Trinajstić information content (AvgIpc) is 3.07. The van der Waals surface area contributed by atoms with Gasteiger partial charge < -0.3 is 9.72 Å². The summed E-state index contributed by atoms with van der Waals surface area (Å²) >= 11 is 3.36. The summed E-state index contributed by atoms with van der Waals surface area (Å²) in [5, 5.41) is 6.67. The van der Waals surface area contributed by atoms with E-state index in [0.717, 1.165) is 15.9 Å². The van der Waals surface area contributed by atoms with E-state index >= 15 is 0 Å². The van der Waals surface area contributed by atoms with Crippen LogP contribution in [0.4, 0.5) is 10.7 Å². The number of rotatable bonds is 3. The number of aromatic nitrogens is 2. The molecule has 0 atom stereocenters. The van der Waals surface area contributed by atoms with E-state index in [1.54, 1.807) is 23.1 Å². The number of benzene rings is 1. The maximum Gasteiger partial charge on any atom is 0.413 e. The van der Waals surface area contributed by atoms with Crippen molar-refractivity contribution in [2.45, 2.75) is 9.79 Å². The van der Waals surface area contributed by atoms with Crippen molar-refractivity contribution in [2.24, 2.45) is 0 Å². The molecule has 2 aromatic heterocycles. The summed E-state index contributed by atoms with van der Waals surface area (Å²) in [5.74, 6) is 0.379. The lowest BCUT2D eigenvalue weighted by atomic mass is 10.3. The van der Waals surface area contributed by atoms with E-state index in [2.05, 4.69) is 36.8 Å². The van der Waals surface area contributed by atoms with E-state index in [1.165, 1.54) is 12.0 Å². The zero-order chi connectivity index (χ0) is 13.9. The molecule has 0 unspecified atom stereocenters. The number of fused-ring (bicyclic) bond motifs is 1. The van der Waals surface area contributed by atoms with E-state index < -0.39 is 6.09 Å². The third-order valence-corrected chi connectivity index (χ3v) is 4.40. The number of nitrogens with zero attached hydrogens (tertiary/aromatic N) is 1. The van der Waals surface area contributed by atoms with Gasteiger partial charge in [-0.25, -0.2) is 9.78 Å². The smallest absolute Gasteiger partial charge is 0.413 e. The molecule has 0 spiro atoms. The molecular weight excluding hydrogens is 294 g/mol. The predicted octanol–water partition coefficient (Wildman–Crippen LogP) is 3.95. The number of hydrogen-bond acceptors (Lipinski definition) is 5. The molecule has 102 valence electrons. The van der Waals surface area contributed by atoms with Gasteiger partial charge in [-0.05, 0) is 29.6 Å². The third kappa shape index (κ3) is 2.78. The molecule has 0 saturated heterocycles. The Morgan fingerprint density at radius 1 is 1.40 bits per heavy atom. The highest BCUT2D eigenvalue weighted by Gasteiger charge is 2.07. The Morgan fingerprint density at radius 3 is 3.05 bits per heavy atom. The maximum absolute atomic E-state index is 11.1. The summed E-state index contributed by atoms with van der Waals surface area (Å²) < 4.78 is 4.53. The number of H-pyrrole nitrogens is 1. The number of hydrogen-bond donors (Lipinski definition) is 2. The van der Waals surface area contributed by atoms with Gasteiger partial charge >= 0.3 is 6.09 Å². The van der Waals surface area contributed by atoms with Crippen molar-refractivity contribution < 1.29 is 9.53 Å². The molecule has 0 aliphatic carbocycles. The Bertz CT molecular complexity index is 737. The Morgan fingerprint density at radius 2 is 2.30 bits per heavy atom. The second-order valence-corrected chi connectivity index (χ2v) is 5.87. The Kier molecular flexibility index (Phi) is 3.62. The number of carbonyl (C=O) groups is 1. The van der Waals surface area contributed by atoms with Crippen LogP contribution in [-0.4, -0.2) is 23.2 Å². The lowest BCUT2D eigenvalue weighted by Crippen LogP contribution is -2.11. The molecule has 3 rings (SSSR count). The molecule has 0 radical (unpaired) electrons. The van der Waals surface area contributed by atoms with Gasteiger partial charge in [-0.15, -0.1) is 0 Å². The number of ether oxygens (including phenoxy) is 1. The van der Waals surface area contributed by atoms with Gasteiger partial charge in [-0.3, -0.25) is 5.32 Å². The fourth-order valence-corrected chi connectivity index (χ4v) is 3.39. The summed E-state index contributed by atoms with van der Waals surface area (Å²) in [6, 6.07) is 8.01. The molecule has 2 heterocycles. The Balaban J connectivity index is 1.85. The number of nitrogens with one attached hydrogen (secondary N) is 2. The van der Waals surface area contributed by atoms with Crippen LogP contribution in [0.25, 0.3) is 11.0 Å². The molecule has 2 N–H and O–H groups in total. The second kappa shape index (κ2) is 5.56. The zero-order valence-corrected chi connectivity index (χ0v) is 12.2. The van der Waals surface area contributed by atoms with Crippen LogP contribution in [0.3, 0.4) is 0 Å². The molecule has 0 bridgehead atoms. The normalized spacial score (nSPS) is 10.7. The number of methoxy groups -OCH3 is 1. The topological polar surface area (TPSA) is 67.0 Å². The molecule has 1 amide bonds. The summed E-state index contributed by atoms with van der Waals surface area (Å²) in [7, 11) is 1.31. The van der Waals surface area contributed by atoms with Crippen LogP contribution in [-0.2, 0) is 4.74 Å². The molecule has 20 heavy (non-hydrogen) atoms. The monoisotopic (exact) mass is 305 g/mol. The van der Waals surface area contributed by atoms with Gasteiger partial charge in [0.25, 0.3) is 0 Å². The molecule has 7 heteroatoms. The van der Waals surface area contributed by atoms with E-state index in [0.29, 0.717) is 5.95 Å². The largest absolute Gasteiger partial charge is 0.453 e. The van der Waals surface area contributed by atoms with Gasteiger partial charge in [0.1, 0.15) is 0 Å². The first-order valence-electron chi connectivity index (χ1n) is 5.79. The highest BCUT2D eigenvalue weighted by molar-refractivity contribution is 7.99. The Labute approximate surface area is 123 Å². The molecule has 0 aliphatic rings. The quantitative estimate of drug-likeness (QED) is 0.768. The first-order chi connectivity index (χ1) is 9.74. The van der Waals surface area contributed by atoms with Crippen molar-refractivity contribution in [1.29, 1.82) is 0 Å². The lowest BCUT2D eigenvalue weighted by molar-refractivity contribution is 0.186. The molecule has 1 aromatic carbocycles. The molecule has 0 fully saturated rings. The van der Waals surface area contributed by atoms with Crippen molar-refractivity contribution in [3.8, 4) is 0 Å². The zero-order valence-electron chi connectivity index (χ0n) is 10.5. The van der Waals surface area contributed by atoms with Crippen molar-refractivity contribution in [3.63, 3.8) is 0 Å². The van der Waals surface area contributed by atoms with Crippen LogP contribution in [0.1, 0.15) is 0 Å². The van der Waals surface area contributed by atoms with E-state index in [1.807, 2.05) is 18.2 Å². The minimum atomic E-state index is -0.545. The Hall–Kier alpha value is -1.99. The van der Waals surface area contributed by atoms with Crippen molar-refractivity contribution in [1.82, 2.24) is 9.97 Å². The molecular formula is C13H11N3O2S2. The fourth-order valence-electron chi connectivity index (χ4n) is 1.71. The SMILES string of the molecule is COC(=O)Nc1nc2ccc(Sc3ccsc3)cc2[nH]1. The summed E-state index contributed by atoms with van der Waals surface area (Å²) in [4.78, 5) is 20.8. The van der Waals surface area contributed by atoms with Gasteiger partial charge in [0.05, 0.1) is 18.1 Å². The first kappa shape index (κ1) is 13.0. The van der Waals surface area contributed by atoms with Crippen molar-refractivity contribution in [3.05, 3.63) is 35.0 Å². The molecule has 5 nitrogen and oxygen atoms in total. The highest BCUT2D eigenvalue weighted by atomic mass is 32.2. The molecule has 0 aliphatic heterocycles. The molecule has 3 aromatic rings. The summed E-state index contributed by atoms with van der Waals surface area (Å²) in [6.45, 7) is 0. The third-order valence-electron chi connectivity index (χ3n) is 2.59. The van der Waals surface area contributed by atoms with Crippen LogP contribution in [0.15, 0.2) is 44.8 Å². The minimum Gasteiger partial charge on any atom is -0.453 e. The summed E-state index contributed by atoms with van der Waals surface area (Å²) in [6.07, 6.45) is -0.545. The van der Waals surface area contributed by atoms with Gasteiger partial charge in [0, 0.05) is 15.2 Å². The minimum absolute atomic E-state index is 0.379. The van der Waals surface area contributed by atoms with Crippen molar-refractivity contribution >= 4 is 46.2 Å². The van der Waals surface area contributed by atoms with E-state index in [-0.39, 0.29) is 0 Å². The number of carbonyl (C=O) groups excluding carboxylic acids is 1. The number of amides is 1. The number of anilines is 1. The average molecular weight is 305 g/mol. The number of imidazole rings is 1. The number of thiophene rings is 1. The van der Waals surface area contributed by atoms with Gasteiger partial charge in [0.2, 0.25) is 5.95 Å². The highest BCUT2D eigenvalue weighted by Crippen LogP contribution is 2.31. The van der Waals surface area contributed by atoms with Crippen LogP contribution < -0.4 is 5.32 Å². The van der Waals surface area contributed by atoms with Crippen LogP contribution in [0.2, 0.25) is 0 Å². The van der Waals surface area contributed by atoms with Crippen LogP contribution in [0, 0.1) is 0 Å². The predicted molar refractivity (Wildman–Crippen MR) is 80.6 cm³/mol. The van der Waals surface area contributed by atoms with Crippen LogP contribution in [0.5, 0.6) is 0 Å². The number of aromatic amines is 1. The fraction of sp³-hybridized carbons (Fsp3) is 0.0769. The maximum atomic E-state index is 11.1. The molecule has 0 saturated carbocycles. The first-order valence-corrected chi connectivity index (χ1v) is 7.55. The van der Waals surface area contributed by atoms with E-state index in [9.17, 15) is 4.79 Å². The van der Waals surface area contributed by atoms with Gasteiger partial charge in [-0.1, -0.05) is 11.8 Å². The van der Waals surface area contributed by atoms with Gasteiger partial charge in [0.15, 0.2) is 0 Å². The standard InChI is InChI=1S/C13H11N3O2S2/c1-18-13(17)16-12-14-10-3-2-8(6-11(10)15-12)20-9-4-5-19-7-9/h2-7H,1H3,(H2,14,15,16,17). The van der Waals surface area contributed by atoms with E-state index in [4.69, 9.17) is 0 Å². The summed E-state index contributed by atoms with van der Waals surface area (Å²) in [5.41, 5.74) is 1.67. The lowest BCUT2D eigenvalue weighted by Gasteiger charge is -1.98. The second-order valence-electron chi connectivity index (χ2n) is 3.94.